The zero-order chi connectivity index (χ0) is 29.2. The van der Waals surface area contributed by atoms with Crippen LogP contribution in [0.5, 0.6) is 0 Å². The molecule has 2 N–H and O–H groups in total. The van der Waals surface area contributed by atoms with Crippen LogP contribution in [0.3, 0.4) is 0 Å². The molecular weight excluding hydrogens is 484 g/mol. The predicted octanol–water partition coefficient (Wildman–Crippen LogP) is 4.53. The van der Waals surface area contributed by atoms with Gasteiger partial charge in [0.05, 0.1) is 24.7 Å². The van der Waals surface area contributed by atoms with Crippen LogP contribution in [0, 0.1) is 51.8 Å². The van der Waals surface area contributed by atoms with Crippen molar-refractivity contribution in [3.8, 4) is 35.5 Å². The molecule has 0 atom stereocenters. The Balaban J connectivity index is 0. The fourth-order valence-electron chi connectivity index (χ4n) is 2.42. The van der Waals surface area contributed by atoms with Crippen LogP contribution in [0.2, 0.25) is 0 Å². The maximum Gasteiger partial charge on any atom is 0.384 e. The van der Waals surface area contributed by atoms with Gasteiger partial charge in [0, 0.05) is 41.7 Å². The molecule has 1 fully saturated rings. The van der Waals surface area contributed by atoms with Crippen LogP contribution >= 0.6 is 0 Å². The molecule has 1 heterocycles. The third-order valence-electron chi connectivity index (χ3n) is 4.24. The van der Waals surface area contributed by atoms with Crippen molar-refractivity contribution in [3.63, 3.8) is 0 Å². The van der Waals surface area contributed by atoms with Gasteiger partial charge in [-0.15, -0.1) is 5.92 Å². The van der Waals surface area contributed by atoms with Crippen LogP contribution in [0.25, 0.3) is 0 Å². The standard InChI is InChI=1S/C11H19NO2S.C10H19N.C9H14O2/c1-11(2,3)5-4-6-12-7-9-15(13,14)10-8-12;1-10(2,3)8-6-4-5-7-9-11;1-5-11-8(10)6-7-9(2,3)4/h6-10H2,1-3H3;4-5,7,9,11H2,1-3H3;5H2,1-4H3. The van der Waals surface area contributed by atoms with Crippen molar-refractivity contribution < 1.29 is 17.9 Å². The molecule has 0 aromatic rings. The molecule has 1 rings (SSSR count). The highest BCUT2D eigenvalue weighted by molar-refractivity contribution is 7.91. The van der Waals surface area contributed by atoms with Crippen molar-refractivity contribution in [2.45, 2.75) is 88.5 Å². The van der Waals surface area contributed by atoms with E-state index in [2.05, 4.69) is 86.7 Å². The number of nitrogens with zero attached hydrogens (tertiary/aromatic N) is 1. The summed E-state index contributed by atoms with van der Waals surface area (Å²) < 4.78 is 27.0. The molecule has 0 aromatic carbocycles. The quantitative estimate of drug-likeness (QED) is 0.240. The summed E-state index contributed by atoms with van der Waals surface area (Å²) in [7, 11) is -2.76. The molecule has 1 aliphatic heterocycles. The van der Waals surface area contributed by atoms with Crippen LogP contribution in [-0.4, -0.2) is 63.6 Å². The fourth-order valence-corrected chi connectivity index (χ4v) is 3.69. The van der Waals surface area contributed by atoms with Crippen LogP contribution in [0.4, 0.5) is 0 Å². The first-order chi connectivity index (χ1) is 16.8. The zero-order valence-electron chi connectivity index (χ0n) is 25.1. The lowest BCUT2D eigenvalue weighted by Crippen LogP contribution is -2.40. The molecule has 1 aliphatic rings. The van der Waals surface area contributed by atoms with E-state index in [1.807, 2.05) is 20.8 Å². The Hall–Kier alpha value is -1.98. The van der Waals surface area contributed by atoms with Gasteiger partial charge in [-0.05, 0) is 88.6 Å². The highest BCUT2D eigenvalue weighted by Gasteiger charge is 2.20. The van der Waals surface area contributed by atoms with E-state index in [1.54, 1.807) is 6.92 Å². The van der Waals surface area contributed by atoms with Crippen molar-refractivity contribution in [3.05, 3.63) is 0 Å². The van der Waals surface area contributed by atoms with Crippen molar-refractivity contribution in [2.75, 3.05) is 44.3 Å². The first-order valence-electron chi connectivity index (χ1n) is 13.1. The number of carbonyl (C=O) groups is 1. The molecule has 212 valence electrons. The topological polar surface area (TPSA) is 89.7 Å². The van der Waals surface area contributed by atoms with E-state index < -0.39 is 15.8 Å². The van der Waals surface area contributed by atoms with Gasteiger partial charge in [-0.3, -0.25) is 4.90 Å². The van der Waals surface area contributed by atoms with Gasteiger partial charge < -0.3 is 10.5 Å². The second kappa shape index (κ2) is 18.3. The first-order valence-corrected chi connectivity index (χ1v) is 15.0. The molecule has 0 aromatic heterocycles. The number of esters is 1. The predicted molar refractivity (Wildman–Crippen MR) is 156 cm³/mol. The fraction of sp³-hybridized carbons (Fsp3) is 0.767. The van der Waals surface area contributed by atoms with E-state index in [0.29, 0.717) is 26.2 Å². The van der Waals surface area contributed by atoms with E-state index in [1.165, 1.54) is 0 Å². The molecule has 6 nitrogen and oxygen atoms in total. The summed E-state index contributed by atoms with van der Waals surface area (Å²) in [4.78, 5) is 12.8. The second-order valence-corrected chi connectivity index (χ2v) is 14.3. The smallest absolute Gasteiger partial charge is 0.384 e. The highest BCUT2D eigenvalue weighted by atomic mass is 32.2. The van der Waals surface area contributed by atoms with Crippen molar-refractivity contribution in [1.29, 1.82) is 0 Å². The Bertz CT molecular complexity index is 932. The van der Waals surface area contributed by atoms with Gasteiger partial charge in [0.1, 0.15) is 0 Å². The lowest BCUT2D eigenvalue weighted by molar-refractivity contribution is -0.136. The number of hydrogen-bond acceptors (Lipinski definition) is 6. The Kier molecular flexibility index (Phi) is 18.4. The lowest BCUT2D eigenvalue weighted by Gasteiger charge is -2.24. The van der Waals surface area contributed by atoms with E-state index in [0.717, 1.165) is 25.8 Å². The average molecular weight is 537 g/mol. The Morgan fingerprint density at radius 3 is 1.76 bits per heavy atom. The van der Waals surface area contributed by atoms with E-state index >= 15 is 0 Å². The number of ether oxygens (including phenoxy) is 1. The van der Waals surface area contributed by atoms with Crippen LogP contribution in [0.15, 0.2) is 0 Å². The third-order valence-corrected chi connectivity index (χ3v) is 5.85. The summed E-state index contributed by atoms with van der Waals surface area (Å²) in [6.45, 7) is 23.3. The molecule has 0 saturated carbocycles. The SMILES string of the molecule is CC(C)(C)C#CCCCCN.CC(C)(C)C#CCN1CCS(=O)(=O)CC1.CCOC(=O)C#CC(C)(C)C. The minimum atomic E-state index is -2.76. The van der Waals surface area contributed by atoms with Crippen LogP contribution in [0.1, 0.15) is 88.5 Å². The Morgan fingerprint density at radius 2 is 1.32 bits per heavy atom. The van der Waals surface area contributed by atoms with Crippen molar-refractivity contribution in [2.24, 2.45) is 22.0 Å². The molecule has 0 unspecified atom stereocenters. The van der Waals surface area contributed by atoms with Crippen molar-refractivity contribution >= 4 is 15.8 Å². The normalized spacial score (nSPS) is 14.9. The molecule has 0 radical (unpaired) electrons. The van der Waals surface area contributed by atoms with Crippen LogP contribution < -0.4 is 5.73 Å². The van der Waals surface area contributed by atoms with Crippen LogP contribution in [-0.2, 0) is 19.4 Å². The Labute approximate surface area is 228 Å². The van der Waals surface area contributed by atoms with Gasteiger partial charge in [0.25, 0.3) is 0 Å². The lowest BCUT2D eigenvalue weighted by atomic mass is 9.98. The molecule has 0 aliphatic carbocycles. The van der Waals surface area contributed by atoms with Gasteiger partial charge in [0.15, 0.2) is 9.84 Å². The Morgan fingerprint density at radius 1 is 0.838 bits per heavy atom. The average Bonchev–Trinajstić information content (AvgIpc) is 2.72. The molecule has 37 heavy (non-hydrogen) atoms. The van der Waals surface area contributed by atoms with Gasteiger partial charge in [0.2, 0.25) is 0 Å². The number of nitrogens with two attached hydrogens (primary N) is 1. The zero-order valence-corrected chi connectivity index (χ0v) is 26.0. The van der Waals surface area contributed by atoms with E-state index in [9.17, 15) is 13.2 Å². The highest BCUT2D eigenvalue weighted by Crippen LogP contribution is 2.11. The minimum Gasteiger partial charge on any atom is -0.456 e. The molecular formula is C30H52N2O4S. The molecule has 7 heteroatoms. The molecule has 1 saturated heterocycles. The minimum absolute atomic E-state index is 0.0296. The van der Waals surface area contributed by atoms with Gasteiger partial charge in [-0.2, -0.15) is 0 Å². The van der Waals surface area contributed by atoms with Gasteiger partial charge >= 0.3 is 5.97 Å². The second-order valence-electron chi connectivity index (χ2n) is 12.0. The monoisotopic (exact) mass is 536 g/mol. The maximum absolute atomic E-state index is 11.2. The van der Waals surface area contributed by atoms with Gasteiger partial charge in [-0.1, -0.05) is 23.7 Å². The number of sulfone groups is 1. The number of rotatable bonds is 5. The summed E-state index contributed by atoms with van der Waals surface area (Å²) in [5, 5.41) is 0. The summed E-state index contributed by atoms with van der Waals surface area (Å²) in [6.07, 6.45) is 3.23. The number of carbonyl (C=O) groups excluding carboxylic acids is 1. The summed E-state index contributed by atoms with van der Waals surface area (Å²) >= 11 is 0. The molecule has 0 amide bonds. The van der Waals surface area contributed by atoms with Crippen molar-refractivity contribution in [1.82, 2.24) is 4.90 Å². The number of hydrogen-bond donors (Lipinski definition) is 1. The maximum atomic E-state index is 11.2. The summed E-state index contributed by atoms with van der Waals surface area (Å²) in [6, 6.07) is 0. The molecule has 0 spiro atoms. The largest absolute Gasteiger partial charge is 0.456 e. The van der Waals surface area contributed by atoms with E-state index in [4.69, 9.17) is 5.73 Å². The number of unbranched alkanes of at least 4 members (excludes halogenated alkanes) is 2. The first kappa shape index (κ1) is 37.2. The van der Waals surface area contributed by atoms with Gasteiger partial charge in [-0.25, -0.2) is 13.2 Å². The summed E-state index contributed by atoms with van der Waals surface area (Å²) in [5.74, 6) is 17.9. The van der Waals surface area contributed by atoms with E-state index in [-0.39, 0.29) is 27.8 Å². The summed E-state index contributed by atoms with van der Waals surface area (Å²) in [5.41, 5.74) is 5.40. The third kappa shape index (κ3) is 30.1. The molecule has 0 bridgehead atoms.